The zero-order valence-electron chi connectivity index (χ0n) is 25.6. The van der Waals surface area contributed by atoms with Crippen molar-refractivity contribution in [1.29, 1.82) is 0 Å². The van der Waals surface area contributed by atoms with Gasteiger partial charge in [0, 0.05) is 48.4 Å². The highest BCUT2D eigenvalue weighted by atomic mass is 32.2. The number of ether oxygens (including phenoxy) is 1. The number of hydrogen-bond donors (Lipinski definition) is 3. The lowest BCUT2D eigenvalue weighted by Gasteiger charge is -2.29. The molecule has 268 valence electrons. The Balaban J connectivity index is 1.49. The zero-order valence-corrected chi connectivity index (χ0v) is 28.1. The summed E-state index contributed by atoms with van der Waals surface area (Å²) in [6.45, 7) is 2.98. The lowest BCUT2D eigenvalue weighted by molar-refractivity contribution is -0.145. The summed E-state index contributed by atoms with van der Waals surface area (Å²) in [5.74, 6) is -2.01. The number of alkyl halides is 6. The van der Waals surface area contributed by atoms with Crippen molar-refractivity contribution in [2.75, 3.05) is 55.2 Å². The van der Waals surface area contributed by atoms with E-state index in [0.717, 1.165) is 17.0 Å². The van der Waals surface area contributed by atoms with Gasteiger partial charge in [0.25, 0.3) is 19.9 Å². The van der Waals surface area contributed by atoms with Crippen molar-refractivity contribution in [3.63, 3.8) is 0 Å². The van der Waals surface area contributed by atoms with Gasteiger partial charge in [-0.1, -0.05) is 18.2 Å². The van der Waals surface area contributed by atoms with Gasteiger partial charge in [0.15, 0.2) is 0 Å². The Morgan fingerprint density at radius 1 is 0.980 bits per heavy atom. The van der Waals surface area contributed by atoms with E-state index in [-0.39, 0.29) is 30.8 Å². The minimum Gasteiger partial charge on any atom is -0.380 e. The molecule has 20 heteroatoms. The number of thioether (sulfide) groups is 1. The molecule has 1 fully saturated rings. The van der Waals surface area contributed by atoms with E-state index in [1.807, 2.05) is 35.1 Å². The van der Waals surface area contributed by atoms with Crippen molar-refractivity contribution < 1.29 is 47.9 Å². The van der Waals surface area contributed by atoms with E-state index in [9.17, 15) is 43.2 Å². The van der Waals surface area contributed by atoms with E-state index < -0.39 is 64.7 Å². The first kappa shape index (κ1) is 37.1. The van der Waals surface area contributed by atoms with E-state index in [2.05, 4.69) is 25.5 Å². The first-order valence-electron chi connectivity index (χ1n) is 14.9. The minimum absolute atomic E-state index is 0.0503. The van der Waals surface area contributed by atoms with Gasteiger partial charge in [-0.2, -0.15) is 26.3 Å². The number of hydrogen-bond acceptors (Lipinski definition) is 11. The fourth-order valence-corrected chi connectivity index (χ4v) is 8.26. The van der Waals surface area contributed by atoms with Crippen molar-refractivity contribution in [3.05, 3.63) is 65.6 Å². The van der Waals surface area contributed by atoms with Crippen LogP contribution in [0.3, 0.4) is 0 Å². The van der Waals surface area contributed by atoms with E-state index in [1.165, 1.54) is 11.8 Å². The van der Waals surface area contributed by atoms with Crippen LogP contribution in [0.5, 0.6) is 0 Å². The number of anilines is 2. The molecule has 3 heterocycles. The third-order valence-electron chi connectivity index (χ3n) is 7.73. The first-order chi connectivity index (χ1) is 23.0. The Bertz CT molecular complexity index is 1840. The van der Waals surface area contributed by atoms with E-state index >= 15 is 0 Å². The lowest BCUT2D eigenvalue weighted by Crippen LogP contribution is -2.39. The molecule has 2 aliphatic rings. The number of fused-ring (bicyclic) bond motifs is 1. The van der Waals surface area contributed by atoms with E-state index in [4.69, 9.17) is 4.74 Å². The SMILES string of the molecule is O=S(=O)(Nc1nc(C(F)(F)F)nc2c1CCNC2)c1ccc(N[C@H](CCN2CCOCC2)CSc2ccccc2)c(S(=O)(=O)C(F)(F)F)c1. The molecule has 2 aromatic carbocycles. The van der Waals surface area contributed by atoms with Crippen molar-refractivity contribution in [1.82, 2.24) is 20.2 Å². The number of nitrogens with one attached hydrogen (secondary N) is 3. The zero-order chi connectivity index (χ0) is 35.5. The maximum absolute atomic E-state index is 14.0. The summed E-state index contributed by atoms with van der Waals surface area (Å²) in [7, 11) is -11.1. The molecule has 0 saturated carbocycles. The van der Waals surface area contributed by atoms with Crippen LogP contribution in [0.25, 0.3) is 0 Å². The summed E-state index contributed by atoms with van der Waals surface area (Å²) in [4.78, 5) is 7.53. The molecule has 3 N–H and O–H groups in total. The van der Waals surface area contributed by atoms with E-state index in [0.29, 0.717) is 51.1 Å². The molecule has 0 radical (unpaired) electrons. The average molecular weight is 755 g/mol. The van der Waals surface area contributed by atoms with Crippen LogP contribution in [-0.4, -0.2) is 88.4 Å². The summed E-state index contributed by atoms with van der Waals surface area (Å²) in [5, 5.41) is 5.73. The molecule has 3 aromatic rings. The molecule has 0 aliphatic carbocycles. The molecular weight excluding hydrogens is 723 g/mol. The van der Waals surface area contributed by atoms with Gasteiger partial charge < -0.3 is 15.4 Å². The van der Waals surface area contributed by atoms with Gasteiger partial charge in [-0.05, 0) is 49.7 Å². The van der Waals surface area contributed by atoms with Crippen LogP contribution >= 0.6 is 11.8 Å². The van der Waals surface area contributed by atoms with Crippen LogP contribution in [0.1, 0.15) is 23.5 Å². The molecule has 0 bridgehead atoms. The van der Waals surface area contributed by atoms with Crippen molar-refractivity contribution in [3.8, 4) is 0 Å². The van der Waals surface area contributed by atoms with Crippen molar-refractivity contribution in [2.45, 2.75) is 51.8 Å². The van der Waals surface area contributed by atoms with Gasteiger partial charge in [-0.15, -0.1) is 11.8 Å². The number of nitrogens with zero attached hydrogens (tertiary/aromatic N) is 3. The topological polar surface area (TPSA) is 143 Å². The monoisotopic (exact) mass is 754 g/mol. The highest BCUT2D eigenvalue weighted by molar-refractivity contribution is 7.99. The van der Waals surface area contributed by atoms with Crippen LogP contribution in [0.4, 0.5) is 37.8 Å². The van der Waals surface area contributed by atoms with Gasteiger partial charge >= 0.3 is 11.7 Å². The first-order valence-corrected chi connectivity index (χ1v) is 18.9. The second kappa shape index (κ2) is 15.0. The Hall–Kier alpha value is -3.17. The Kier molecular flexibility index (Phi) is 11.3. The highest BCUT2D eigenvalue weighted by Crippen LogP contribution is 2.37. The predicted octanol–water partition coefficient (Wildman–Crippen LogP) is 4.53. The number of sulfone groups is 1. The molecule has 1 aromatic heterocycles. The maximum Gasteiger partial charge on any atom is 0.501 e. The summed E-state index contributed by atoms with van der Waals surface area (Å²) >= 11 is 1.40. The lowest BCUT2D eigenvalue weighted by atomic mass is 10.1. The second-order valence-electron chi connectivity index (χ2n) is 11.2. The quantitative estimate of drug-likeness (QED) is 0.177. The highest BCUT2D eigenvalue weighted by Gasteiger charge is 2.48. The van der Waals surface area contributed by atoms with Gasteiger partial charge in [-0.25, -0.2) is 26.8 Å². The van der Waals surface area contributed by atoms with E-state index in [1.54, 1.807) is 0 Å². The second-order valence-corrected chi connectivity index (χ2v) is 15.9. The van der Waals surface area contributed by atoms with Crippen LogP contribution in [0.15, 0.2) is 63.2 Å². The van der Waals surface area contributed by atoms with Gasteiger partial charge in [-0.3, -0.25) is 9.62 Å². The molecule has 2 aliphatic heterocycles. The minimum atomic E-state index is -6.12. The standard InChI is InChI=1S/C29H32F6N6O5S3/c30-28(31,32)27-38-24-17-36-10-8-22(24)26(39-27)40-49(44,45)21-6-7-23(25(16-21)48(42,43)29(33,34)35)37-19(9-11-41-12-14-46-15-13-41)18-47-20-4-2-1-3-5-20/h1-7,16,19,36-37H,8-15,17-18H2,(H,38,39,40)/t19-/m1/s1. The normalized spacial score (nSPS) is 16.9. The van der Waals surface area contributed by atoms with Gasteiger partial charge in [0.1, 0.15) is 10.7 Å². The number of aromatic nitrogens is 2. The fourth-order valence-electron chi connectivity index (χ4n) is 5.19. The third-order valence-corrected chi connectivity index (χ3v) is 11.8. The molecule has 49 heavy (non-hydrogen) atoms. The summed E-state index contributed by atoms with van der Waals surface area (Å²) < 4.78 is 143. The number of halogens is 6. The third kappa shape index (κ3) is 9.14. The Morgan fingerprint density at radius 3 is 2.37 bits per heavy atom. The molecule has 5 rings (SSSR count). The van der Waals surface area contributed by atoms with Crippen LogP contribution in [-0.2, 0) is 43.7 Å². The van der Waals surface area contributed by atoms with Crippen LogP contribution < -0.4 is 15.4 Å². The Morgan fingerprint density at radius 2 is 1.69 bits per heavy atom. The summed E-state index contributed by atoms with van der Waals surface area (Å²) in [6, 6.07) is 10.7. The number of rotatable bonds is 12. The molecule has 0 unspecified atom stereocenters. The number of morpholine rings is 1. The molecule has 1 atom stereocenters. The molecule has 0 amide bonds. The largest absolute Gasteiger partial charge is 0.501 e. The molecule has 0 spiro atoms. The van der Waals surface area contributed by atoms with Crippen LogP contribution in [0.2, 0.25) is 0 Å². The van der Waals surface area contributed by atoms with Crippen molar-refractivity contribution in [2.24, 2.45) is 0 Å². The molecular formula is C29H32F6N6O5S3. The smallest absolute Gasteiger partial charge is 0.380 e. The van der Waals surface area contributed by atoms with Crippen LogP contribution in [0, 0.1) is 0 Å². The number of sulfonamides is 1. The Labute approximate surface area is 283 Å². The predicted molar refractivity (Wildman–Crippen MR) is 169 cm³/mol. The summed E-state index contributed by atoms with van der Waals surface area (Å²) in [5.41, 5.74) is -6.33. The van der Waals surface area contributed by atoms with Gasteiger partial charge in [0.05, 0.1) is 29.5 Å². The maximum atomic E-state index is 14.0. The average Bonchev–Trinajstić information content (AvgIpc) is 3.05. The molecule has 1 saturated heterocycles. The number of benzene rings is 2. The van der Waals surface area contributed by atoms with Gasteiger partial charge in [0.2, 0.25) is 5.82 Å². The van der Waals surface area contributed by atoms with Crippen molar-refractivity contribution >= 4 is 43.1 Å². The fraction of sp³-hybridized carbons (Fsp3) is 0.448. The molecule has 11 nitrogen and oxygen atoms in total. The summed E-state index contributed by atoms with van der Waals surface area (Å²) in [6.07, 6.45) is -4.60.